The quantitative estimate of drug-likeness (QED) is 0.493. The maximum Gasteiger partial charge on any atom is 0.00866 e. The first-order valence-electron chi connectivity index (χ1n) is 7.53. The lowest BCUT2D eigenvalue weighted by Gasteiger charge is -2.27. The van der Waals surface area contributed by atoms with E-state index < -0.39 is 0 Å². The number of unbranched alkanes of at least 4 members (excludes halogenated alkanes) is 1. The minimum absolute atomic E-state index is 0.714. The van der Waals surface area contributed by atoms with Crippen molar-refractivity contribution in [2.24, 2.45) is 5.92 Å². The molecule has 1 unspecified atom stereocenters. The van der Waals surface area contributed by atoms with Gasteiger partial charge in [0, 0.05) is 12.5 Å². The highest BCUT2D eigenvalue weighted by atomic mass is 14.9. The van der Waals surface area contributed by atoms with E-state index in [1.165, 1.54) is 57.8 Å². The summed E-state index contributed by atoms with van der Waals surface area (Å²) in [5.41, 5.74) is 0. The minimum atomic E-state index is 0.714. The molecule has 0 spiro atoms. The van der Waals surface area contributed by atoms with Crippen molar-refractivity contribution in [2.45, 2.75) is 77.2 Å². The third-order valence-electron chi connectivity index (χ3n) is 3.90. The summed E-state index contributed by atoms with van der Waals surface area (Å²) in [5, 5.41) is 3.71. The molecule has 0 bridgehead atoms. The Morgan fingerprint density at radius 2 is 2.06 bits per heavy atom. The van der Waals surface area contributed by atoms with E-state index in [1.807, 2.05) is 0 Å². The van der Waals surface area contributed by atoms with Crippen molar-refractivity contribution in [1.29, 1.82) is 0 Å². The lowest BCUT2D eigenvalue weighted by atomic mass is 9.84. The summed E-state index contributed by atoms with van der Waals surface area (Å²) in [5.74, 6) is 3.73. The van der Waals surface area contributed by atoms with Gasteiger partial charge in [-0.1, -0.05) is 39.0 Å². The molecule has 0 saturated heterocycles. The standard InChI is InChI=1S/C16H29N/c1-3-5-7-12-16(17-13-4-2)14-15-10-8-6-9-11-15/h1,15-17H,4-14H2,2H3. The Morgan fingerprint density at radius 1 is 1.29 bits per heavy atom. The Morgan fingerprint density at radius 3 is 2.71 bits per heavy atom. The molecule has 1 saturated carbocycles. The van der Waals surface area contributed by atoms with Gasteiger partial charge in [-0.05, 0) is 38.1 Å². The fraction of sp³-hybridized carbons (Fsp3) is 0.875. The minimum Gasteiger partial charge on any atom is -0.314 e. The van der Waals surface area contributed by atoms with Gasteiger partial charge in [0.15, 0.2) is 0 Å². The van der Waals surface area contributed by atoms with Crippen LogP contribution in [0.1, 0.15) is 71.1 Å². The van der Waals surface area contributed by atoms with Gasteiger partial charge in [-0.2, -0.15) is 0 Å². The van der Waals surface area contributed by atoms with Crippen LogP contribution in [0.3, 0.4) is 0 Å². The van der Waals surface area contributed by atoms with E-state index in [1.54, 1.807) is 0 Å². The predicted molar refractivity (Wildman–Crippen MR) is 76.0 cm³/mol. The summed E-state index contributed by atoms with van der Waals surface area (Å²) in [6.07, 6.45) is 18.6. The zero-order chi connectivity index (χ0) is 12.3. The number of hydrogen-bond donors (Lipinski definition) is 1. The second-order valence-electron chi connectivity index (χ2n) is 5.49. The van der Waals surface area contributed by atoms with Crippen molar-refractivity contribution in [2.75, 3.05) is 6.54 Å². The zero-order valence-electron chi connectivity index (χ0n) is 11.5. The monoisotopic (exact) mass is 235 g/mol. The SMILES string of the molecule is C#CCCCC(CC1CCCCC1)NCCC. The number of nitrogens with one attached hydrogen (secondary N) is 1. The van der Waals surface area contributed by atoms with Crippen LogP contribution in [0.2, 0.25) is 0 Å². The van der Waals surface area contributed by atoms with Gasteiger partial charge in [-0.3, -0.25) is 0 Å². The van der Waals surface area contributed by atoms with Crippen LogP contribution in [0.25, 0.3) is 0 Å². The van der Waals surface area contributed by atoms with Crippen LogP contribution in [0.4, 0.5) is 0 Å². The van der Waals surface area contributed by atoms with Crippen LogP contribution in [-0.4, -0.2) is 12.6 Å². The molecule has 1 nitrogen and oxygen atoms in total. The van der Waals surface area contributed by atoms with Crippen molar-refractivity contribution >= 4 is 0 Å². The van der Waals surface area contributed by atoms with Crippen molar-refractivity contribution in [3.63, 3.8) is 0 Å². The lowest BCUT2D eigenvalue weighted by molar-refractivity contribution is 0.289. The Hall–Kier alpha value is -0.480. The molecular weight excluding hydrogens is 206 g/mol. The number of terminal acetylenes is 1. The molecule has 1 heteroatoms. The van der Waals surface area contributed by atoms with Crippen LogP contribution in [0.15, 0.2) is 0 Å². The van der Waals surface area contributed by atoms with E-state index in [2.05, 4.69) is 18.2 Å². The Bertz CT molecular complexity index is 210. The molecule has 1 atom stereocenters. The smallest absolute Gasteiger partial charge is 0.00866 e. The van der Waals surface area contributed by atoms with Gasteiger partial charge in [-0.15, -0.1) is 12.3 Å². The maximum atomic E-state index is 5.33. The average molecular weight is 235 g/mol. The van der Waals surface area contributed by atoms with E-state index in [9.17, 15) is 0 Å². The molecule has 0 aromatic rings. The fourth-order valence-electron chi connectivity index (χ4n) is 2.93. The molecule has 0 heterocycles. The van der Waals surface area contributed by atoms with Crippen molar-refractivity contribution in [3.8, 4) is 12.3 Å². The molecule has 17 heavy (non-hydrogen) atoms. The molecule has 98 valence electrons. The van der Waals surface area contributed by atoms with Crippen LogP contribution in [0, 0.1) is 18.3 Å². The largest absolute Gasteiger partial charge is 0.314 e. The molecule has 0 aromatic carbocycles. The number of rotatable bonds is 8. The first kappa shape index (κ1) is 14.6. The van der Waals surface area contributed by atoms with Gasteiger partial charge >= 0.3 is 0 Å². The molecule has 0 amide bonds. The maximum absolute atomic E-state index is 5.33. The molecule has 1 rings (SSSR count). The molecule has 1 aliphatic carbocycles. The highest BCUT2D eigenvalue weighted by Crippen LogP contribution is 2.28. The van der Waals surface area contributed by atoms with Crippen molar-refractivity contribution < 1.29 is 0 Å². The summed E-state index contributed by atoms with van der Waals surface area (Å²) >= 11 is 0. The zero-order valence-corrected chi connectivity index (χ0v) is 11.5. The molecule has 0 aromatic heterocycles. The molecule has 1 aliphatic rings. The summed E-state index contributed by atoms with van der Waals surface area (Å²) in [7, 11) is 0. The normalized spacial score (nSPS) is 18.8. The predicted octanol–water partition coefficient (Wildman–Crippen LogP) is 4.13. The Labute approximate surface area is 108 Å². The van der Waals surface area contributed by atoms with Gasteiger partial charge in [0.05, 0.1) is 0 Å². The van der Waals surface area contributed by atoms with E-state index >= 15 is 0 Å². The number of hydrogen-bond acceptors (Lipinski definition) is 1. The van der Waals surface area contributed by atoms with E-state index in [4.69, 9.17) is 6.42 Å². The highest BCUT2D eigenvalue weighted by Gasteiger charge is 2.18. The van der Waals surface area contributed by atoms with Crippen LogP contribution in [0.5, 0.6) is 0 Å². The average Bonchev–Trinajstić information content (AvgIpc) is 2.37. The summed E-state index contributed by atoms with van der Waals surface area (Å²) in [6, 6.07) is 0.714. The van der Waals surface area contributed by atoms with Gasteiger partial charge in [0.25, 0.3) is 0 Å². The first-order valence-corrected chi connectivity index (χ1v) is 7.53. The third-order valence-corrected chi connectivity index (χ3v) is 3.90. The van der Waals surface area contributed by atoms with Crippen molar-refractivity contribution in [3.05, 3.63) is 0 Å². The van der Waals surface area contributed by atoms with E-state index in [-0.39, 0.29) is 0 Å². The van der Waals surface area contributed by atoms with Gasteiger partial charge in [-0.25, -0.2) is 0 Å². The Balaban J connectivity index is 2.25. The van der Waals surface area contributed by atoms with E-state index in [0.29, 0.717) is 6.04 Å². The summed E-state index contributed by atoms with van der Waals surface area (Å²) in [4.78, 5) is 0. The molecular formula is C16H29N. The lowest BCUT2D eigenvalue weighted by Crippen LogP contribution is -2.32. The molecule has 1 fully saturated rings. The van der Waals surface area contributed by atoms with E-state index in [0.717, 1.165) is 18.9 Å². The molecule has 0 radical (unpaired) electrons. The van der Waals surface area contributed by atoms with Crippen LogP contribution in [-0.2, 0) is 0 Å². The first-order chi connectivity index (χ1) is 8.36. The highest BCUT2D eigenvalue weighted by molar-refractivity contribution is 4.84. The second-order valence-corrected chi connectivity index (χ2v) is 5.49. The second kappa shape index (κ2) is 9.54. The third kappa shape index (κ3) is 6.74. The van der Waals surface area contributed by atoms with Crippen LogP contribution < -0.4 is 5.32 Å². The van der Waals surface area contributed by atoms with Crippen molar-refractivity contribution in [1.82, 2.24) is 5.32 Å². The molecule has 1 N–H and O–H groups in total. The Kier molecular flexibility index (Phi) is 8.18. The van der Waals surface area contributed by atoms with Crippen LogP contribution >= 0.6 is 0 Å². The van der Waals surface area contributed by atoms with Gasteiger partial charge in [0.1, 0.15) is 0 Å². The summed E-state index contributed by atoms with van der Waals surface area (Å²) in [6.45, 7) is 3.40. The summed E-state index contributed by atoms with van der Waals surface area (Å²) < 4.78 is 0. The molecule has 0 aliphatic heterocycles. The fourth-order valence-corrected chi connectivity index (χ4v) is 2.93. The van der Waals surface area contributed by atoms with Gasteiger partial charge < -0.3 is 5.32 Å². The van der Waals surface area contributed by atoms with Gasteiger partial charge in [0.2, 0.25) is 0 Å². The topological polar surface area (TPSA) is 12.0 Å².